The number of para-hydroxylation sites is 1. The van der Waals surface area contributed by atoms with Crippen molar-refractivity contribution in [2.75, 3.05) is 11.4 Å². The van der Waals surface area contributed by atoms with Crippen LogP contribution in [0.4, 0.5) is 14.5 Å². The summed E-state index contributed by atoms with van der Waals surface area (Å²) in [6.45, 7) is 3.33. The number of benzene rings is 1. The fourth-order valence-corrected chi connectivity index (χ4v) is 2.75. The van der Waals surface area contributed by atoms with Gasteiger partial charge in [-0.25, -0.2) is 13.8 Å². The number of rotatable bonds is 3. The molecule has 1 aliphatic heterocycles. The Kier molecular flexibility index (Phi) is 4.04. The SMILES string of the molecule is Cc1nc(C)c(C(=O)NC2CCN(c3c(F)cccc3F)C2=O)o1. The highest BCUT2D eigenvalue weighted by atomic mass is 19.1. The zero-order chi connectivity index (χ0) is 17.4. The summed E-state index contributed by atoms with van der Waals surface area (Å²) < 4.78 is 32.9. The molecule has 1 N–H and O–H groups in total. The van der Waals surface area contributed by atoms with Crippen LogP contribution in [0.25, 0.3) is 0 Å². The molecule has 6 nitrogen and oxygen atoms in total. The van der Waals surface area contributed by atoms with E-state index in [2.05, 4.69) is 10.3 Å². The molecule has 3 rings (SSSR count). The number of aromatic nitrogens is 1. The molecule has 2 heterocycles. The van der Waals surface area contributed by atoms with E-state index in [1.165, 1.54) is 6.07 Å². The molecule has 0 spiro atoms. The zero-order valence-corrected chi connectivity index (χ0v) is 13.1. The Morgan fingerprint density at radius 2 is 2.00 bits per heavy atom. The lowest BCUT2D eigenvalue weighted by Gasteiger charge is -2.18. The molecule has 2 aromatic rings. The average Bonchev–Trinajstić information content (AvgIpc) is 3.03. The van der Waals surface area contributed by atoms with Crippen molar-refractivity contribution in [1.29, 1.82) is 0 Å². The number of halogens is 2. The average molecular weight is 335 g/mol. The number of amides is 2. The number of hydrogen-bond donors (Lipinski definition) is 1. The van der Waals surface area contributed by atoms with E-state index in [4.69, 9.17) is 4.42 Å². The normalized spacial score (nSPS) is 17.4. The summed E-state index contributed by atoms with van der Waals surface area (Å²) >= 11 is 0. The minimum absolute atomic E-state index is 0.0239. The first-order chi connectivity index (χ1) is 11.4. The lowest BCUT2D eigenvalue weighted by Crippen LogP contribution is -2.42. The quantitative estimate of drug-likeness (QED) is 0.932. The van der Waals surface area contributed by atoms with Crippen LogP contribution in [0, 0.1) is 25.5 Å². The van der Waals surface area contributed by atoms with E-state index in [1.807, 2.05) is 0 Å². The molecule has 8 heteroatoms. The Morgan fingerprint density at radius 1 is 1.33 bits per heavy atom. The lowest BCUT2D eigenvalue weighted by molar-refractivity contribution is -0.118. The molecular formula is C16H15F2N3O3. The van der Waals surface area contributed by atoms with Crippen LogP contribution >= 0.6 is 0 Å². The fourth-order valence-electron chi connectivity index (χ4n) is 2.75. The monoisotopic (exact) mass is 335 g/mol. The smallest absolute Gasteiger partial charge is 0.289 e. The molecule has 0 bridgehead atoms. The van der Waals surface area contributed by atoms with Gasteiger partial charge in [0.05, 0.1) is 5.69 Å². The number of carbonyl (C=O) groups excluding carboxylic acids is 2. The Morgan fingerprint density at radius 3 is 2.58 bits per heavy atom. The highest BCUT2D eigenvalue weighted by Gasteiger charge is 2.37. The zero-order valence-electron chi connectivity index (χ0n) is 13.1. The molecule has 0 aliphatic carbocycles. The summed E-state index contributed by atoms with van der Waals surface area (Å²) in [4.78, 5) is 29.6. The van der Waals surface area contributed by atoms with Crippen LogP contribution in [0.15, 0.2) is 22.6 Å². The fraction of sp³-hybridized carbons (Fsp3) is 0.312. The minimum atomic E-state index is -0.874. The minimum Gasteiger partial charge on any atom is -0.436 e. The van der Waals surface area contributed by atoms with Gasteiger partial charge in [0.15, 0.2) is 5.89 Å². The Balaban J connectivity index is 1.77. The third-order valence-electron chi connectivity index (χ3n) is 3.83. The van der Waals surface area contributed by atoms with Gasteiger partial charge in [-0.3, -0.25) is 9.59 Å². The number of carbonyl (C=O) groups is 2. The van der Waals surface area contributed by atoms with Gasteiger partial charge in [-0.15, -0.1) is 0 Å². The van der Waals surface area contributed by atoms with Gasteiger partial charge in [-0.05, 0) is 25.5 Å². The second-order valence-corrected chi connectivity index (χ2v) is 5.52. The van der Waals surface area contributed by atoms with Crippen molar-refractivity contribution in [3.63, 3.8) is 0 Å². The first kappa shape index (κ1) is 16.1. The first-order valence-electron chi connectivity index (χ1n) is 7.38. The van der Waals surface area contributed by atoms with Crippen molar-refractivity contribution in [2.24, 2.45) is 0 Å². The topological polar surface area (TPSA) is 75.4 Å². The van der Waals surface area contributed by atoms with Crippen LogP contribution in [0.3, 0.4) is 0 Å². The van der Waals surface area contributed by atoms with Crippen LogP contribution in [0.5, 0.6) is 0 Å². The molecule has 0 saturated carbocycles. The van der Waals surface area contributed by atoms with Crippen molar-refractivity contribution in [3.8, 4) is 0 Å². The maximum Gasteiger partial charge on any atom is 0.289 e. The Bertz CT molecular complexity index is 799. The number of nitrogens with zero attached hydrogens (tertiary/aromatic N) is 2. The Labute approximate surface area is 136 Å². The van der Waals surface area contributed by atoms with Crippen molar-refractivity contribution >= 4 is 17.5 Å². The molecule has 2 amide bonds. The number of oxazole rings is 1. The maximum atomic E-state index is 13.8. The van der Waals surface area contributed by atoms with Gasteiger partial charge >= 0.3 is 0 Å². The largest absolute Gasteiger partial charge is 0.436 e. The highest BCUT2D eigenvalue weighted by Crippen LogP contribution is 2.27. The maximum absolute atomic E-state index is 13.8. The van der Waals surface area contributed by atoms with Gasteiger partial charge in [0.1, 0.15) is 23.4 Å². The molecule has 0 radical (unpaired) electrons. The summed E-state index contributed by atoms with van der Waals surface area (Å²) in [7, 11) is 0. The molecule has 1 aromatic heterocycles. The Hall–Kier alpha value is -2.77. The van der Waals surface area contributed by atoms with E-state index in [0.29, 0.717) is 11.6 Å². The van der Waals surface area contributed by atoms with E-state index < -0.39 is 35.2 Å². The third kappa shape index (κ3) is 2.75. The van der Waals surface area contributed by atoms with Crippen LogP contribution < -0.4 is 10.2 Å². The van der Waals surface area contributed by atoms with Crippen LogP contribution in [-0.2, 0) is 4.79 Å². The molecule has 126 valence electrons. The van der Waals surface area contributed by atoms with E-state index in [-0.39, 0.29) is 18.7 Å². The van der Waals surface area contributed by atoms with Gasteiger partial charge in [-0.2, -0.15) is 0 Å². The van der Waals surface area contributed by atoms with Crippen LogP contribution in [-0.4, -0.2) is 29.4 Å². The third-order valence-corrected chi connectivity index (χ3v) is 3.83. The van der Waals surface area contributed by atoms with E-state index in [1.54, 1.807) is 13.8 Å². The van der Waals surface area contributed by atoms with Crippen molar-refractivity contribution < 1.29 is 22.8 Å². The standard InChI is InChI=1S/C16H15F2N3O3/c1-8-14(24-9(2)19-8)15(22)20-12-6-7-21(16(12)23)13-10(17)4-3-5-11(13)18/h3-5,12H,6-7H2,1-2H3,(H,20,22). The van der Waals surface area contributed by atoms with E-state index in [0.717, 1.165) is 17.0 Å². The van der Waals surface area contributed by atoms with Gasteiger partial charge < -0.3 is 14.6 Å². The van der Waals surface area contributed by atoms with Gasteiger partial charge in [0.2, 0.25) is 11.7 Å². The molecule has 1 unspecified atom stereocenters. The lowest BCUT2D eigenvalue weighted by atomic mass is 10.2. The van der Waals surface area contributed by atoms with Crippen molar-refractivity contribution in [2.45, 2.75) is 26.3 Å². The summed E-state index contributed by atoms with van der Waals surface area (Å²) in [5, 5.41) is 2.53. The van der Waals surface area contributed by atoms with Crippen LogP contribution in [0.2, 0.25) is 0 Å². The van der Waals surface area contributed by atoms with E-state index in [9.17, 15) is 18.4 Å². The summed E-state index contributed by atoms with van der Waals surface area (Å²) in [6, 6.07) is 2.51. The van der Waals surface area contributed by atoms with Gasteiger partial charge in [-0.1, -0.05) is 6.07 Å². The van der Waals surface area contributed by atoms with Gasteiger partial charge in [0, 0.05) is 13.5 Å². The predicted octanol–water partition coefficient (Wildman–Crippen LogP) is 2.10. The molecule has 24 heavy (non-hydrogen) atoms. The molecule has 1 atom stereocenters. The second kappa shape index (κ2) is 6.03. The summed E-state index contributed by atoms with van der Waals surface area (Å²) in [5.74, 6) is -2.43. The molecular weight excluding hydrogens is 320 g/mol. The first-order valence-corrected chi connectivity index (χ1v) is 7.38. The van der Waals surface area contributed by atoms with Crippen molar-refractivity contribution in [3.05, 3.63) is 47.2 Å². The highest BCUT2D eigenvalue weighted by molar-refractivity contribution is 6.03. The number of anilines is 1. The molecule has 1 saturated heterocycles. The van der Waals surface area contributed by atoms with Crippen molar-refractivity contribution in [1.82, 2.24) is 10.3 Å². The van der Waals surface area contributed by atoms with E-state index >= 15 is 0 Å². The molecule has 1 aliphatic rings. The second-order valence-electron chi connectivity index (χ2n) is 5.52. The summed E-state index contributed by atoms with van der Waals surface area (Å²) in [6.07, 6.45) is 0.241. The molecule has 1 aromatic carbocycles. The summed E-state index contributed by atoms with van der Waals surface area (Å²) in [5.41, 5.74) is 0.0124. The number of hydrogen-bond acceptors (Lipinski definition) is 4. The number of nitrogens with one attached hydrogen (secondary N) is 1. The predicted molar refractivity (Wildman–Crippen MR) is 80.6 cm³/mol. The van der Waals surface area contributed by atoms with Gasteiger partial charge in [0.25, 0.3) is 5.91 Å². The number of aryl methyl sites for hydroxylation is 2. The molecule has 1 fully saturated rings. The van der Waals surface area contributed by atoms with Crippen LogP contribution in [0.1, 0.15) is 28.6 Å².